The van der Waals surface area contributed by atoms with Crippen molar-refractivity contribution < 1.29 is 9.26 Å². The molecule has 5 heteroatoms. The maximum absolute atomic E-state index is 5.91. The van der Waals surface area contributed by atoms with E-state index in [0.29, 0.717) is 6.61 Å². The zero-order valence-electron chi connectivity index (χ0n) is 12.5. The van der Waals surface area contributed by atoms with Crippen LogP contribution in [-0.2, 0) is 6.61 Å². The van der Waals surface area contributed by atoms with Crippen LogP contribution in [0.3, 0.4) is 0 Å². The molecule has 0 aliphatic rings. The summed E-state index contributed by atoms with van der Waals surface area (Å²) < 4.78 is 11.3. The number of pyridine rings is 1. The lowest BCUT2D eigenvalue weighted by Gasteiger charge is -2.07. The van der Waals surface area contributed by atoms with Crippen molar-refractivity contribution in [3.05, 3.63) is 65.3 Å². The molecule has 0 saturated heterocycles. The first-order valence-corrected chi connectivity index (χ1v) is 8.16. The molecule has 4 aromatic rings. The zero-order valence-corrected chi connectivity index (χ0v) is 13.3. The molecule has 0 fully saturated rings. The smallest absolute Gasteiger partial charge is 0.177 e. The first-order valence-electron chi connectivity index (χ1n) is 7.28. The van der Waals surface area contributed by atoms with Gasteiger partial charge in [0.05, 0.1) is 4.88 Å². The van der Waals surface area contributed by atoms with Crippen molar-refractivity contribution >= 4 is 22.2 Å². The normalized spacial score (nSPS) is 11.0. The van der Waals surface area contributed by atoms with E-state index in [0.717, 1.165) is 38.7 Å². The van der Waals surface area contributed by atoms with Crippen molar-refractivity contribution in [1.29, 1.82) is 0 Å². The highest BCUT2D eigenvalue weighted by Gasteiger charge is 2.09. The number of para-hydroxylation sites is 1. The maximum Gasteiger partial charge on any atom is 0.177 e. The van der Waals surface area contributed by atoms with Crippen LogP contribution < -0.4 is 4.74 Å². The van der Waals surface area contributed by atoms with E-state index < -0.39 is 0 Å². The number of rotatable bonds is 4. The van der Waals surface area contributed by atoms with E-state index in [1.54, 1.807) is 11.3 Å². The summed E-state index contributed by atoms with van der Waals surface area (Å²) in [5.74, 6) is 1.53. The number of hydrogen-bond acceptors (Lipinski definition) is 5. The number of thiophene rings is 1. The molecule has 0 atom stereocenters. The van der Waals surface area contributed by atoms with Crippen LogP contribution >= 0.6 is 11.3 Å². The van der Waals surface area contributed by atoms with E-state index in [2.05, 4.69) is 16.2 Å². The Hall–Kier alpha value is -2.66. The summed E-state index contributed by atoms with van der Waals surface area (Å²) in [6.45, 7) is 2.32. The minimum atomic E-state index is 0.351. The van der Waals surface area contributed by atoms with E-state index in [9.17, 15) is 0 Å². The van der Waals surface area contributed by atoms with Crippen LogP contribution in [0.4, 0.5) is 0 Å². The molecule has 0 unspecified atom stereocenters. The zero-order chi connectivity index (χ0) is 15.6. The van der Waals surface area contributed by atoms with Crippen LogP contribution in [0.15, 0.2) is 58.4 Å². The highest BCUT2D eigenvalue weighted by atomic mass is 32.1. The summed E-state index contributed by atoms with van der Waals surface area (Å²) in [6, 6.07) is 15.9. The molecule has 3 heterocycles. The summed E-state index contributed by atoms with van der Waals surface area (Å²) in [7, 11) is 0. The fraction of sp³-hybridized carbons (Fsp3) is 0.111. The van der Waals surface area contributed by atoms with Gasteiger partial charge in [-0.15, -0.1) is 11.3 Å². The average molecular weight is 322 g/mol. The van der Waals surface area contributed by atoms with Gasteiger partial charge in [0.1, 0.15) is 23.6 Å². The molecule has 4 rings (SSSR count). The summed E-state index contributed by atoms with van der Waals surface area (Å²) in [5.41, 5.74) is 2.60. The quantitative estimate of drug-likeness (QED) is 0.539. The van der Waals surface area contributed by atoms with E-state index >= 15 is 0 Å². The fourth-order valence-corrected chi connectivity index (χ4v) is 3.07. The van der Waals surface area contributed by atoms with Gasteiger partial charge in [-0.05, 0) is 30.5 Å². The van der Waals surface area contributed by atoms with Crippen LogP contribution in [-0.4, -0.2) is 10.1 Å². The molecule has 0 amide bonds. The molecule has 114 valence electrons. The van der Waals surface area contributed by atoms with Gasteiger partial charge in [-0.1, -0.05) is 29.4 Å². The Morgan fingerprint density at radius 3 is 2.96 bits per heavy atom. The second-order valence-electron chi connectivity index (χ2n) is 5.23. The highest BCUT2D eigenvalue weighted by molar-refractivity contribution is 7.13. The van der Waals surface area contributed by atoms with Crippen molar-refractivity contribution in [3.8, 4) is 16.4 Å². The standard InChI is InChI=1S/C18H14N2O2S/c1-12-7-8-13-4-2-5-15(18(13)19-12)21-11-14-10-16(22-20-14)17-6-3-9-23-17/h2-10H,11H2,1H3. The first kappa shape index (κ1) is 14.0. The molecule has 0 bridgehead atoms. The Labute approximate surface area is 137 Å². The lowest BCUT2D eigenvalue weighted by molar-refractivity contribution is 0.293. The molecule has 0 aliphatic carbocycles. The molecule has 1 aromatic carbocycles. The SMILES string of the molecule is Cc1ccc2cccc(OCc3cc(-c4cccs4)on3)c2n1. The number of fused-ring (bicyclic) bond motifs is 1. The number of ether oxygens (including phenoxy) is 1. The van der Waals surface area contributed by atoms with Crippen molar-refractivity contribution in [2.24, 2.45) is 0 Å². The van der Waals surface area contributed by atoms with Crippen molar-refractivity contribution in [1.82, 2.24) is 10.1 Å². The molecule has 0 radical (unpaired) electrons. The van der Waals surface area contributed by atoms with Gasteiger partial charge in [-0.2, -0.15) is 0 Å². The summed E-state index contributed by atoms with van der Waals surface area (Å²) in [5, 5.41) is 7.15. The van der Waals surface area contributed by atoms with E-state index in [-0.39, 0.29) is 0 Å². The predicted molar refractivity (Wildman–Crippen MR) is 90.6 cm³/mol. The molecule has 0 N–H and O–H groups in total. The van der Waals surface area contributed by atoms with Gasteiger partial charge in [0, 0.05) is 17.1 Å². The summed E-state index contributed by atoms with van der Waals surface area (Å²) >= 11 is 1.62. The largest absolute Gasteiger partial charge is 0.485 e. The van der Waals surface area contributed by atoms with Gasteiger partial charge in [0.2, 0.25) is 0 Å². The summed E-state index contributed by atoms with van der Waals surface area (Å²) in [6.07, 6.45) is 0. The van der Waals surface area contributed by atoms with Crippen LogP contribution in [0.25, 0.3) is 21.5 Å². The Balaban J connectivity index is 1.56. The van der Waals surface area contributed by atoms with Crippen LogP contribution in [0, 0.1) is 6.92 Å². The van der Waals surface area contributed by atoms with Crippen LogP contribution in [0.5, 0.6) is 5.75 Å². The highest BCUT2D eigenvalue weighted by Crippen LogP contribution is 2.27. The Kier molecular flexibility index (Phi) is 3.55. The van der Waals surface area contributed by atoms with Crippen molar-refractivity contribution in [2.45, 2.75) is 13.5 Å². The topological polar surface area (TPSA) is 48.2 Å². The predicted octanol–water partition coefficient (Wildman–Crippen LogP) is 4.84. The van der Waals surface area contributed by atoms with Gasteiger partial charge in [-0.3, -0.25) is 0 Å². The molecular formula is C18H14N2O2S. The van der Waals surface area contributed by atoms with Gasteiger partial charge < -0.3 is 9.26 Å². The average Bonchev–Trinajstić information content (AvgIpc) is 3.24. The van der Waals surface area contributed by atoms with E-state index in [1.807, 2.05) is 54.8 Å². The van der Waals surface area contributed by atoms with Gasteiger partial charge >= 0.3 is 0 Å². The fourth-order valence-electron chi connectivity index (χ4n) is 2.40. The van der Waals surface area contributed by atoms with Gasteiger partial charge in [0.15, 0.2) is 5.76 Å². The second-order valence-corrected chi connectivity index (χ2v) is 6.18. The van der Waals surface area contributed by atoms with E-state index in [1.165, 1.54) is 0 Å². The molecular weight excluding hydrogens is 308 g/mol. The third kappa shape index (κ3) is 2.83. The lowest BCUT2D eigenvalue weighted by Crippen LogP contribution is -1.97. The third-order valence-electron chi connectivity index (χ3n) is 3.52. The Morgan fingerprint density at radius 2 is 2.09 bits per heavy atom. The van der Waals surface area contributed by atoms with Gasteiger partial charge in [0.25, 0.3) is 0 Å². The summed E-state index contributed by atoms with van der Waals surface area (Å²) in [4.78, 5) is 5.63. The lowest BCUT2D eigenvalue weighted by atomic mass is 10.2. The number of aryl methyl sites for hydroxylation is 1. The number of hydrogen-bond donors (Lipinski definition) is 0. The molecule has 0 spiro atoms. The molecule has 0 aliphatic heterocycles. The molecule has 23 heavy (non-hydrogen) atoms. The Morgan fingerprint density at radius 1 is 1.13 bits per heavy atom. The second kappa shape index (κ2) is 5.85. The molecule has 4 nitrogen and oxygen atoms in total. The minimum Gasteiger partial charge on any atom is -0.485 e. The first-order chi connectivity index (χ1) is 11.3. The van der Waals surface area contributed by atoms with Crippen molar-refractivity contribution in [3.63, 3.8) is 0 Å². The third-order valence-corrected chi connectivity index (χ3v) is 4.41. The minimum absolute atomic E-state index is 0.351. The molecule has 3 aromatic heterocycles. The number of benzene rings is 1. The van der Waals surface area contributed by atoms with Gasteiger partial charge in [-0.25, -0.2) is 4.98 Å². The number of nitrogens with zero attached hydrogens (tertiary/aromatic N) is 2. The maximum atomic E-state index is 5.91. The van der Waals surface area contributed by atoms with Crippen LogP contribution in [0.1, 0.15) is 11.4 Å². The van der Waals surface area contributed by atoms with Crippen LogP contribution in [0.2, 0.25) is 0 Å². The van der Waals surface area contributed by atoms with Crippen molar-refractivity contribution in [2.75, 3.05) is 0 Å². The van der Waals surface area contributed by atoms with E-state index in [4.69, 9.17) is 9.26 Å². The Bertz CT molecular complexity index is 945. The molecule has 0 saturated carbocycles. The monoisotopic (exact) mass is 322 g/mol. The number of aromatic nitrogens is 2.